The SMILES string of the molecule is CC(C)N1CCC(Nc2cccc(-c3cnc4ccc(N5CCCC5c5cccc(F)c5)nn34)n2)CC1. The summed E-state index contributed by atoms with van der Waals surface area (Å²) in [4.78, 5) is 14.3. The van der Waals surface area contributed by atoms with Crippen LogP contribution in [0.25, 0.3) is 17.0 Å². The maximum Gasteiger partial charge on any atom is 0.154 e. The number of aromatic nitrogens is 4. The zero-order valence-corrected chi connectivity index (χ0v) is 21.5. The maximum absolute atomic E-state index is 13.9. The first-order valence-corrected chi connectivity index (χ1v) is 13.4. The molecule has 5 heterocycles. The zero-order chi connectivity index (χ0) is 25.4. The van der Waals surface area contributed by atoms with Gasteiger partial charge in [0, 0.05) is 31.7 Å². The van der Waals surface area contributed by atoms with Crippen molar-refractivity contribution >= 4 is 17.3 Å². The van der Waals surface area contributed by atoms with E-state index in [1.54, 1.807) is 12.1 Å². The van der Waals surface area contributed by atoms with Gasteiger partial charge in [-0.15, -0.1) is 5.10 Å². The number of benzene rings is 1. The Balaban J connectivity index is 1.25. The van der Waals surface area contributed by atoms with Crippen LogP contribution in [0.15, 0.2) is 60.8 Å². The number of nitrogens with one attached hydrogen (secondary N) is 1. The van der Waals surface area contributed by atoms with E-state index in [2.05, 4.69) is 33.9 Å². The van der Waals surface area contributed by atoms with Gasteiger partial charge in [0.05, 0.1) is 17.9 Å². The molecule has 7 nitrogen and oxygen atoms in total. The van der Waals surface area contributed by atoms with Gasteiger partial charge in [-0.05, 0) is 81.5 Å². The summed E-state index contributed by atoms with van der Waals surface area (Å²) in [6.07, 6.45) is 6.10. The normalized spacial score (nSPS) is 19.2. The third-order valence-electron chi connectivity index (χ3n) is 7.75. The second-order valence-electron chi connectivity index (χ2n) is 10.5. The molecule has 0 bridgehead atoms. The van der Waals surface area contributed by atoms with Gasteiger partial charge >= 0.3 is 0 Å². The van der Waals surface area contributed by atoms with Gasteiger partial charge in [0.25, 0.3) is 0 Å². The fourth-order valence-corrected chi connectivity index (χ4v) is 5.72. The second kappa shape index (κ2) is 10.1. The highest BCUT2D eigenvalue weighted by molar-refractivity contribution is 5.62. The van der Waals surface area contributed by atoms with Crippen molar-refractivity contribution in [1.82, 2.24) is 24.5 Å². The largest absolute Gasteiger partial charge is 0.367 e. The number of hydrogen-bond donors (Lipinski definition) is 1. The van der Waals surface area contributed by atoms with Crippen LogP contribution in [0.4, 0.5) is 16.0 Å². The third-order valence-corrected chi connectivity index (χ3v) is 7.75. The molecule has 2 saturated heterocycles. The van der Waals surface area contributed by atoms with E-state index in [1.165, 1.54) is 6.07 Å². The molecule has 0 saturated carbocycles. The van der Waals surface area contributed by atoms with Gasteiger partial charge in [-0.2, -0.15) is 0 Å². The van der Waals surface area contributed by atoms with Gasteiger partial charge in [0.1, 0.15) is 23.1 Å². The van der Waals surface area contributed by atoms with Crippen LogP contribution >= 0.6 is 0 Å². The van der Waals surface area contributed by atoms with Crippen LogP contribution in [0.3, 0.4) is 0 Å². The van der Waals surface area contributed by atoms with Crippen LogP contribution in [0.2, 0.25) is 0 Å². The van der Waals surface area contributed by atoms with E-state index in [4.69, 9.17) is 10.1 Å². The molecule has 0 amide bonds. The van der Waals surface area contributed by atoms with Crippen molar-refractivity contribution < 1.29 is 4.39 Å². The van der Waals surface area contributed by atoms with Crippen LogP contribution in [0.1, 0.15) is 51.1 Å². The molecule has 1 aromatic carbocycles. The molecular formula is C29H34FN7. The fourth-order valence-electron chi connectivity index (χ4n) is 5.72. The number of imidazole rings is 1. The van der Waals surface area contributed by atoms with Gasteiger partial charge in [0.15, 0.2) is 5.65 Å². The van der Waals surface area contributed by atoms with Crippen molar-refractivity contribution in [2.24, 2.45) is 0 Å². The number of rotatable bonds is 6. The van der Waals surface area contributed by atoms with E-state index in [-0.39, 0.29) is 11.9 Å². The molecule has 1 N–H and O–H groups in total. The van der Waals surface area contributed by atoms with Gasteiger partial charge in [0.2, 0.25) is 0 Å². The Kier molecular flexibility index (Phi) is 6.50. The monoisotopic (exact) mass is 499 g/mol. The number of hydrogen-bond acceptors (Lipinski definition) is 6. The molecule has 1 unspecified atom stereocenters. The summed E-state index contributed by atoms with van der Waals surface area (Å²) in [6, 6.07) is 18.2. The summed E-state index contributed by atoms with van der Waals surface area (Å²) in [7, 11) is 0. The summed E-state index contributed by atoms with van der Waals surface area (Å²) in [5.74, 6) is 1.55. The lowest BCUT2D eigenvalue weighted by Crippen LogP contribution is -2.42. The Morgan fingerprint density at radius 2 is 1.81 bits per heavy atom. The minimum Gasteiger partial charge on any atom is -0.367 e. The highest BCUT2D eigenvalue weighted by Crippen LogP contribution is 2.35. The molecule has 3 aromatic heterocycles. The Hall–Kier alpha value is -3.52. The van der Waals surface area contributed by atoms with Crippen molar-refractivity contribution in [2.45, 2.75) is 57.7 Å². The smallest absolute Gasteiger partial charge is 0.154 e. The highest BCUT2D eigenvalue weighted by Gasteiger charge is 2.28. The van der Waals surface area contributed by atoms with E-state index < -0.39 is 0 Å². The first-order chi connectivity index (χ1) is 18.0. The number of anilines is 2. The fraction of sp³-hybridized carbons (Fsp3) is 0.414. The summed E-state index contributed by atoms with van der Waals surface area (Å²) < 4.78 is 15.8. The molecule has 2 fully saturated rings. The molecule has 8 heteroatoms. The average Bonchev–Trinajstić information content (AvgIpc) is 3.56. The molecule has 37 heavy (non-hydrogen) atoms. The zero-order valence-electron chi connectivity index (χ0n) is 21.5. The van der Waals surface area contributed by atoms with Crippen molar-refractivity contribution in [1.29, 1.82) is 0 Å². The summed E-state index contributed by atoms with van der Waals surface area (Å²) >= 11 is 0. The van der Waals surface area contributed by atoms with Crippen LogP contribution in [-0.2, 0) is 0 Å². The lowest BCUT2D eigenvalue weighted by atomic mass is 10.0. The van der Waals surface area contributed by atoms with Gasteiger partial charge < -0.3 is 15.1 Å². The van der Waals surface area contributed by atoms with E-state index >= 15 is 0 Å². The highest BCUT2D eigenvalue weighted by atomic mass is 19.1. The number of nitrogens with zero attached hydrogens (tertiary/aromatic N) is 6. The molecule has 2 aliphatic heterocycles. The van der Waals surface area contributed by atoms with E-state index in [9.17, 15) is 4.39 Å². The molecule has 6 rings (SSSR count). The Morgan fingerprint density at radius 3 is 2.62 bits per heavy atom. The number of pyridine rings is 1. The van der Waals surface area contributed by atoms with Gasteiger partial charge in [-0.25, -0.2) is 18.9 Å². The van der Waals surface area contributed by atoms with Crippen LogP contribution in [-0.4, -0.2) is 56.2 Å². The van der Waals surface area contributed by atoms with Crippen LogP contribution in [0.5, 0.6) is 0 Å². The van der Waals surface area contributed by atoms with E-state index in [0.29, 0.717) is 12.1 Å². The predicted octanol–water partition coefficient (Wildman–Crippen LogP) is 5.56. The van der Waals surface area contributed by atoms with Crippen LogP contribution in [0, 0.1) is 5.82 Å². The minimum atomic E-state index is -0.199. The van der Waals surface area contributed by atoms with E-state index in [0.717, 1.165) is 79.6 Å². The second-order valence-corrected chi connectivity index (χ2v) is 10.5. The van der Waals surface area contributed by atoms with Crippen molar-refractivity contribution in [3.63, 3.8) is 0 Å². The topological polar surface area (TPSA) is 61.6 Å². The molecule has 1 atom stereocenters. The number of fused-ring (bicyclic) bond motifs is 1. The van der Waals surface area contributed by atoms with E-state index in [1.807, 2.05) is 47.1 Å². The lowest BCUT2D eigenvalue weighted by Gasteiger charge is -2.35. The third kappa shape index (κ3) is 4.90. The molecule has 192 valence electrons. The van der Waals surface area contributed by atoms with Crippen LogP contribution < -0.4 is 10.2 Å². The standard InChI is InChI=1S/C29H34FN7/c1-20(2)35-16-13-23(14-17-35)32-27-10-4-8-24(33-27)26-19-31-28-11-12-29(34-37(26)28)36-15-5-9-25(36)21-6-3-7-22(30)18-21/h3-4,6-8,10-12,18-20,23,25H,5,9,13-17H2,1-2H3,(H,32,33). The first kappa shape index (κ1) is 23.9. The first-order valence-electron chi connectivity index (χ1n) is 13.4. The van der Waals surface area contributed by atoms with Gasteiger partial charge in [-0.3, -0.25) is 0 Å². The Labute approximate surface area is 217 Å². The minimum absolute atomic E-state index is 0.111. The molecule has 4 aromatic rings. The summed E-state index contributed by atoms with van der Waals surface area (Å²) in [6.45, 7) is 7.64. The number of halogens is 1. The molecule has 0 aliphatic carbocycles. The summed E-state index contributed by atoms with van der Waals surface area (Å²) in [5.41, 5.74) is 3.47. The summed E-state index contributed by atoms with van der Waals surface area (Å²) in [5, 5.41) is 8.63. The average molecular weight is 500 g/mol. The number of piperidine rings is 1. The van der Waals surface area contributed by atoms with Crippen molar-refractivity contribution in [2.75, 3.05) is 29.9 Å². The number of likely N-dealkylation sites (tertiary alicyclic amines) is 1. The maximum atomic E-state index is 13.9. The molecular weight excluding hydrogens is 465 g/mol. The molecule has 0 spiro atoms. The predicted molar refractivity (Wildman–Crippen MR) is 145 cm³/mol. The van der Waals surface area contributed by atoms with Crippen molar-refractivity contribution in [3.05, 3.63) is 72.2 Å². The quantitative estimate of drug-likeness (QED) is 0.375. The van der Waals surface area contributed by atoms with Gasteiger partial charge in [-0.1, -0.05) is 18.2 Å². The Bertz CT molecular complexity index is 1380. The Morgan fingerprint density at radius 1 is 0.973 bits per heavy atom. The molecule has 0 radical (unpaired) electrons. The lowest BCUT2D eigenvalue weighted by molar-refractivity contribution is 0.177. The molecule has 2 aliphatic rings. The van der Waals surface area contributed by atoms with Crippen molar-refractivity contribution in [3.8, 4) is 11.4 Å².